The van der Waals surface area contributed by atoms with E-state index < -0.39 is 40.7 Å². The summed E-state index contributed by atoms with van der Waals surface area (Å²) in [4.78, 5) is 38.2. The largest absolute Gasteiger partial charge is 0.342 e. The van der Waals surface area contributed by atoms with Crippen molar-refractivity contribution in [2.45, 2.75) is 56.9 Å². The fourth-order valence-electron chi connectivity index (χ4n) is 4.76. The van der Waals surface area contributed by atoms with Crippen LogP contribution in [0.15, 0.2) is 42.5 Å². The van der Waals surface area contributed by atoms with E-state index in [4.69, 9.17) is 0 Å². The molecule has 1 saturated carbocycles. The summed E-state index contributed by atoms with van der Waals surface area (Å²) in [5.74, 6) is -4.90. The van der Waals surface area contributed by atoms with Crippen LogP contribution in [-0.4, -0.2) is 23.1 Å². The van der Waals surface area contributed by atoms with Gasteiger partial charge in [-0.1, -0.05) is 37.5 Å². The van der Waals surface area contributed by atoms with Gasteiger partial charge in [-0.2, -0.15) is 0 Å². The maximum absolute atomic E-state index is 14.1. The van der Waals surface area contributed by atoms with E-state index >= 15 is 0 Å². The van der Waals surface area contributed by atoms with Crippen LogP contribution >= 0.6 is 0 Å². The molecule has 4 rings (SSSR count). The van der Waals surface area contributed by atoms with Crippen molar-refractivity contribution in [3.8, 4) is 0 Å². The van der Waals surface area contributed by atoms with Crippen LogP contribution in [0.5, 0.6) is 0 Å². The third-order valence-corrected chi connectivity index (χ3v) is 6.58. The molecule has 2 N–H and O–H groups in total. The van der Waals surface area contributed by atoms with Gasteiger partial charge in [0.05, 0.1) is 0 Å². The fraction of sp³-hybridized carbons (Fsp3) is 0.400. The number of halogens is 2. The number of Topliss-reactive ketones (excluding diaryl/α,β-unsaturated/α-hetero) is 1. The molecule has 2 aromatic rings. The lowest BCUT2D eigenvalue weighted by Crippen LogP contribution is -2.46. The van der Waals surface area contributed by atoms with E-state index in [0.717, 1.165) is 25.0 Å². The number of rotatable bonds is 5. The van der Waals surface area contributed by atoms with Crippen LogP contribution in [0.1, 0.15) is 56.1 Å². The second-order valence-corrected chi connectivity index (χ2v) is 8.94. The summed E-state index contributed by atoms with van der Waals surface area (Å²) in [7, 11) is 0. The van der Waals surface area contributed by atoms with Crippen LogP contribution in [0.3, 0.4) is 0 Å². The topological polar surface area (TPSA) is 75.3 Å². The number of hydrogen-bond donors (Lipinski definition) is 2. The van der Waals surface area contributed by atoms with E-state index in [2.05, 4.69) is 10.6 Å². The molecule has 7 heteroatoms. The molecule has 1 aliphatic heterocycles. The van der Waals surface area contributed by atoms with E-state index in [0.29, 0.717) is 11.6 Å². The van der Waals surface area contributed by atoms with Crippen molar-refractivity contribution in [2.75, 3.05) is 5.32 Å². The van der Waals surface area contributed by atoms with Crippen molar-refractivity contribution >= 4 is 23.3 Å². The summed E-state index contributed by atoms with van der Waals surface area (Å²) in [5.41, 5.74) is -0.170. The molecule has 2 fully saturated rings. The van der Waals surface area contributed by atoms with Crippen LogP contribution in [0, 0.1) is 17.6 Å². The molecule has 0 spiro atoms. The summed E-state index contributed by atoms with van der Waals surface area (Å²) in [6.45, 7) is 1.38. The van der Waals surface area contributed by atoms with Crippen molar-refractivity contribution in [3.05, 3.63) is 65.2 Å². The molecule has 1 aliphatic carbocycles. The van der Waals surface area contributed by atoms with Crippen LogP contribution in [0.2, 0.25) is 0 Å². The summed E-state index contributed by atoms with van der Waals surface area (Å²) in [5, 5.41) is 5.10. The van der Waals surface area contributed by atoms with E-state index in [9.17, 15) is 23.2 Å². The van der Waals surface area contributed by atoms with Gasteiger partial charge in [0.15, 0.2) is 11.7 Å². The molecule has 2 aliphatic rings. The first kappa shape index (κ1) is 22.1. The van der Waals surface area contributed by atoms with Gasteiger partial charge in [0.25, 0.3) is 0 Å². The standard InChI is InChI=1S/C25H26F2N2O3/c1-25(14-18-19(26)8-5-9-20(18)27)22(30)21(24(32)29-25)23(31)28-17-12-10-16(11-13-17)15-6-3-2-4-7-15/h5,8-13,15,21H,2-4,6-7,14H2,1H3,(H,28,31)(H,29,32). The molecular weight excluding hydrogens is 414 g/mol. The van der Waals surface area contributed by atoms with Crippen molar-refractivity contribution in [3.63, 3.8) is 0 Å². The number of benzene rings is 2. The second-order valence-electron chi connectivity index (χ2n) is 8.94. The predicted octanol–water partition coefficient (Wildman–Crippen LogP) is 4.27. The molecule has 2 atom stereocenters. The lowest BCUT2D eigenvalue weighted by molar-refractivity contribution is -0.135. The molecule has 0 bridgehead atoms. The molecule has 0 radical (unpaired) electrons. The van der Waals surface area contributed by atoms with Gasteiger partial charge < -0.3 is 10.6 Å². The van der Waals surface area contributed by atoms with Gasteiger partial charge in [-0.25, -0.2) is 8.78 Å². The zero-order valence-corrected chi connectivity index (χ0v) is 17.9. The zero-order chi connectivity index (χ0) is 22.9. The lowest BCUT2D eigenvalue weighted by atomic mass is 9.84. The number of anilines is 1. The smallest absolute Gasteiger partial charge is 0.244 e. The maximum atomic E-state index is 14.1. The summed E-state index contributed by atoms with van der Waals surface area (Å²) >= 11 is 0. The highest BCUT2D eigenvalue weighted by Crippen LogP contribution is 2.33. The maximum Gasteiger partial charge on any atom is 0.244 e. The normalized spacial score (nSPS) is 23.8. The van der Waals surface area contributed by atoms with Gasteiger partial charge in [-0.05, 0) is 55.5 Å². The predicted molar refractivity (Wildman–Crippen MR) is 116 cm³/mol. The molecule has 32 heavy (non-hydrogen) atoms. The SMILES string of the molecule is CC1(Cc2c(F)cccc2F)NC(=O)C(C(=O)Nc2ccc(C3CCCCC3)cc2)C1=O. The number of nitrogens with one attached hydrogen (secondary N) is 2. The minimum Gasteiger partial charge on any atom is -0.342 e. The Labute approximate surface area is 185 Å². The molecular formula is C25H26F2N2O3. The first-order valence-electron chi connectivity index (χ1n) is 11.0. The molecule has 1 heterocycles. The van der Waals surface area contributed by atoms with Crippen molar-refractivity contribution in [2.24, 2.45) is 5.92 Å². The second kappa shape index (κ2) is 8.81. The molecule has 2 aromatic carbocycles. The highest BCUT2D eigenvalue weighted by Gasteiger charge is 2.53. The van der Waals surface area contributed by atoms with Crippen LogP contribution in [0.25, 0.3) is 0 Å². The Morgan fingerprint density at radius 3 is 2.28 bits per heavy atom. The Hall–Kier alpha value is -3.09. The van der Waals surface area contributed by atoms with E-state index in [1.54, 1.807) is 12.1 Å². The van der Waals surface area contributed by atoms with E-state index in [-0.39, 0.29) is 12.0 Å². The number of carbonyl (C=O) groups excluding carboxylic acids is 3. The summed E-state index contributed by atoms with van der Waals surface area (Å²) in [6, 6.07) is 10.9. The van der Waals surface area contributed by atoms with Crippen LogP contribution in [-0.2, 0) is 20.8 Å². The Morgan fingerprint density at radius 2 is 1.66 bits per heavy atom. The molecule has 2 unspecified atom stereocenters. The van der Waals surface area contributed by atoms with Crippen LogP contribution < -0.4 is 10.6 Å². The first-order chi connectivity index (χ1) is 15.3. The minimum atomic E-state index is -1.58. The van der Waals surface area contributed by atoms with Gasteiger partial charge in [-0.15, -0.1) is 0 Å². The highest BCUT2D eigenvalue weighted by atomic mass is 19.1. The van der Waals surface area contributed by atoms with Gasteiger partial charge in [0.2, 0.25) is 11.8 Å². The zero-order valence-electron chi connectivity index (χ0n) is 17.9. The third-order valence-electron chi connectivity index (χ3n) is 6.58. The number of amides is 2. The minimum absolute atomic E-state index is 0.303. The number of ketones is 1. The highest BCUT2D eigenvalue weighted by molar-refractivity contribution is 6.27. The number of hydrogen-bond acceptors (Lipinski definition) is 3. The monoisotopic (exact) mass is 440 g/mol. The fourth-order valence-corrected chi connectivity index (χ4v) is 4.76. The van der Waals surface area contributed by atoms with Crippen LogP contribution in [0.4, 0.5) is 14.5 Å². The summed E-state index contributed by atoms with van der Waals surface area (Å²) < 4.78 is 28.1. The molecule has 2 amide bonds. The Morgan fingerprint density at radius 1 is 1.03 bits per heavy atom. The Balaban J connectivity index is 1.46. The van der Waals surface area contributed by atoms with E-state index in [1.165, 1.54) is 37.8 Å². The lowest BCUT2D eigenvalue weighted by Gasteiger charge is -2.23. The van der Waals surface area contributed by atoms with Crippen molar-refractivity contribution in [1.29, 1.82) is 0 Å². The molecule has 1 saturated heterocycles. The van der Waals surface area contributed by atoms with Gasteiger partial charge in [0, 0.05) is 17.7 Å². The molecule has 0 aromatic heterocycles. The Kier molecular flexibility index (Phi) is 6.09. The van der Waals surface area contributed by atoms with E-state index in [1.807, 2.05) is 12.1 Å². The third kappa shape index (κ3) is 4.29. The first-order valence-corrected chi connectivity index (χ1v) is 11.0. The molecule has 168 valence electrons. The Bertz CT molecular complexity index is 1030. The number of carbonyl (C=O) groups is 3. The van der Waals surface area contributed by atoms with Crippen molar-refractivity contribution in [1.82, 2.24) is 5.32 Å². The van der Waals surface area contributed by atoms with Gasteiger partial charge in [-0.3, -0.25) is 14.4 Å². The quantitative estimate of drug-likeness (QED) is 0.682. The van der Waals surface area contributed by atoms with Gasteiger partial charge >= 0.3 is 0 Å². The molecule has 5 nitrogen and oxygen atoms in total. The average molecular weight is 440 g/mol. The average Bonchev–Trinajstić information content (AvgIpc) is 3.00. The van der Waals surface area contributed by atoms with Crippen molar-refractivity contribution < 1.29 is 23.2 Å². The summed E-state index contributed by atoms with van der Waals surface area (Å²) in [6.07, 6.45) is 5.64. The van der Waals surface area contributed by atoms with Gasteiger partial charge in [0.1, 0.15) is 17.2 Å².